The third-order valence-corrected chi connectivity index (χ3v) is 4.12. The second-order valence-electron chi connectivity index (χ2n) is 5.81. The molecule has 1 N–H and O–H groups in total. The van der Waals surface area contributed by atoms with Crippen LogP contribution in [-0.2, 0) is 17.8 Å². The van der Waals surface area contributed by atoms with Crippen LogP contribution in [-0.4, -0.2) is 43.0 Å². The molecule has 0 saturated heterocycles. The number of aromatic nitrogens is 4. The molecule has 0 spiro atoms. The molecule has 0 aromatic carbocycles. The Labute approximate surface area is 147 Å². The lowest BCUT2D eigenvalue weighted by atomic mass is 10.2. The van der Waals surface area contributed by atoms with Crippen LogP contribution in [0.3, 0.4) is 0 Å². The SMILES string of the molecule is CCOC(=O)c1cc2nc3c(c(=O)n2[nH]1)CN(Cc1ccccn1)C3=O. The summed E-state index contributed by atoms with van der Waals surface area (Å²) in [5.41, 5.74) is 1.03. The number of nitrogens with zero attached hydrogens (tertiary/aromatic N) is 4. The zero-order chi connectivity index (χ0) is 18.3. The maximum atomic E-state index is 12.7. The number of hydrogen-bond acceptors (Lipinski definition) is 6. The summed E-state index contributed by atoms with van der Waals surface area (Å²) in [5.74, 6) is -0.912. The monoisotopic (exact) mass is 353 g/mol. The molecule has 0 saturated carbocycles. The molecule has 0 radical (unpaired) electrons. The van der Waals surface area contributed by atoms with Crippen molar-refractivity contribution in [1.29, 1.82) is 0 Å². The fourth-order valence-electron chi connectivity index (χ4n) is 2.92. The van der Waals surface area contributed by atoms with E-state index < -0.39 is 11.5 Å². The lowest BCUT2D eigenvalue weighted by Crippen LogP contribution is -2.24. The summed E-state index contributed by atoms with van der Waals surface area (Å²) < 4.78 is 6.06. The number of pyridine rings is 1. The van der Waals surface area contributed by atoms with E-state index in [0.717, 1.165) is 10.2 Å². The van der Waals surface area contributed by atoms with Crippen molar-refractivity contribution in [2.45, 2.75) is 20.0 Å². The molecule has 1 aliphatic rings. The number of amides is 1. The Morgan fingerprint density at radius 3 is 2.92 bits per heavy atom. The average molecular weight is 353 g/mol. The van der Waals surface area contributed by atoms with Crippen molar-refractivity contribution in [3.63, 3.8) is 0 Å². The third kappa shape index (κ3) is 2.53. The summed E-state index contributed by atoms with van der Waals surface area (Å²) in [6.07, 6.45) is 1.65. The normalized spacial score (nSPS) is 13.3. The van der Waals surface area contributed by atoms with Gasteiger partial charge in [0.25, 0.3) is 11.5 Å². The first-order chi connectivity index (χ1) is 12.6. The highest BCUT2D eigenvalue weighted by molar-refractivity contribution is 5.97. The molecule has 4 rings (SSSR count). The second-order valence-corrected chi connectivity index (χ2v) is 5.81. The summed E-state index contributed by atoms with van der Waals surface area (Å²) in [4.78, 5) is 47.1. The van der Waals surface area contributed by atoms with E-state index in [1.807, 2.05) is 12.1 Å². The predicted molar refractivity (Wildman–Crippen MR) is 89.6 cm³/mol. The number of fused-ring (bicyclic) bond motifs is 2. The Hall–Kier alpha value is -3.49. The molecular weight excluding hydrogens is 338 g/mol. The van der Waals surface area contributed by atoms with E-state index in [2.05, 4.69) is 15.1 Å². The number of esters is 1. The molecule has 26 heavy (non-hydrogen) atoms. The number of ether oxygens (including phenoxy) is 1. The molecule has 3 aromatic heterocycles. The topological polar surface area (TPSA) is 110 Å². The van der Waals surface area contributed by atoms with Gasteiger partial charge in [-0.25, -0.2) is 14.3 Å². The van der Waals surface area contributed by atoms with Gasteiger partial charge in [0.1, 0.15) is 11.4 Å². The van der Waals surface area contributed by atoms with Crippen molar-refractivity contribution in [2.75, 3.05) is 6.61 Å². The van der Waals surface area contributed by atoms with Crippen molar-refractivity contribution < 1.29 is 14.3 Å². The summed E-state index contributed by atoms with van der Waals surface area (Å²) in [6, 6.07) is 6.84. The van der Waals surface area contributed by atoms with E-state index in [1.165, 1.54) is 11.0 Å². The zero-order valence-corrected chi connectivity index (χ0v) is 13.9. The Morgan fingerprint density at radius 2 is 2.19 bits per heavy atom. The average Bonchev–Trinajstić information content (AvgIpc) is 3.20. The van der Waals surface area contributed by atoms with Crippen LogP contribution in [0.4, 0.5) is 0 Å². The molecule has 4 heterocycles. The number of H-pyrrole nitrogens is 1. The van der Waals surface area contributed by atoms with Gasteiger partial charge in [0.15, 0.2) is 5.65 Å². The third-order valence-electron chi connectivity index (χ3n) is 4.12. The van der Waals surface area contributed by atoms with Crippen molar-refractivity contribution in [3.8, 4) is 0 Å². The summed E-state index contributed by atoms with van der Waals surface area (Å²) >= 11 is 0. The van der Waals surface area contributed by atoms with Crippen LogP contribution in [0.1, 0.15) is 39.2 Å². The van der Waals surface area contributed by atoms with E-state index in [1.54, 1.807) is 19.2 Å². The number of carbonyl (C=O) groups is 2. The summed E-state index contributed by atoms with van der Waals surface area (Å²) in [6.45, 7) is 2.35. The minimum Gasteiger partial charge on any atom is -0.461 e. The first-order valence-electron chi connectivity index (χ1n) is 8.09. The Kier molecular flexibility index (Phi) is 3.76. The Morgan fingerprint density at radius 1 is 1.35 bits per heavy atom. The van der Waals surface area contributed by atoms with Crippen molar-refractivity contribution in [3.05, 3.63) is 63.5 Å². The largest absolute Gasteiger partial charge is 0.461 e. The molecule has 0 atom stereocenters. The first-order valence-corrected chi connectivity index (χ1v) is 8.09. The van der Waals surface area contributed by atoms with E-state index >= 15 is 0 Å². The molecule has 132 valence electrons. The van der Waals surface area contributed by atoms with Gasteiger partial charge in [-0.15, -0.1) is 0 Å². The highest BCUT2D eigenvalue weighted by Gasteiger charge is 2.33. The molecule has 9 nitrogen and oxygen atoms in total. The van der Waals surface area contributed by atoms with Crippen LogP contribution in [0.2, 0.25) is 0 Å². The minimum atomic E-state index is -0.583. The summed E-state index contributed by atoms with van der Waals surface area (Å²) in [7, 11) is 0. The lowest BCUT2D eigenvalue weighted by molar-refractivity contribution is 0.0519. The van der Waals surface area contributed by atoms with Crippen LogP contribution < -0.4 is 5.56 Å². The van der Waals surface area contributed by atoms with Crippen molar-refractivity contribution >= 4 is 17.5 Å². The van der Waals surface area contributed by atoms with Crippen molar-refractivity contribution in [1.82, 2.24) is 24.5 Å². The number of nitrogens with one attached hydrogen (secondary N) is 1. The quantitative estimate of drug-likeness (QED) is 0.693. The maximum Gasteiger partial charge on any atom is 0.356 e. The lowest BCUT2D eigenvalue weighted by Gasteiger charge is -2.13. The summed E-state index contributed by atoms with van der Waals surface area (Å²) in [5, 5.41) is 2.68. The number of rotatable bonds is 4. The smallest absolute Gasteiger partial charge is 0.356 e. The van der Waals surface area contributed by atoms with Gasteiger partial charge in [0.2, 0.25) is 0 Å². The zero-order valence-electron chi connectivity index (χ0n) is 13.9. The second kappa shape index (κ2) is 6.10. The van der Waals surface area contributed by atoms with Gasteiger partial charge >= 0.3 is 5.97 Å². The molecule has 1 aliphatic heterocycles. The minimum absolute atomic E-state index is 0.109. The van der Waals surface area contributed by atoms with Crippen LogP contribution in [0.15, 0.2) is 35.3 Å². The van der Waals surface area contributed by atoms with Gasteiger partial charge in [-0.1, -0.05) is 6.07 Å². The molecule has 9 heteroatoms. The van der Waals surface area contributed by atoms with Crippen LogP contribution in [0, 0.1) is 0 Å². The van der Waals surface area contributed by atoms with E-state index in [0.29, 0.717) is 12.1 Å². The van der Waals surface area contributed by atoms with Gasteiger partial charge < -0.3 is 9.64 Å². The van der Waals surface area contributed by atoms with Gasteiger partial charge in [-0.3, -0.25) is 19.7 Å². The highest BCUT2D eigenvalue weighted by atomic mass is 16.5. The predicted octanol–water partition coefficient (Wildman–Crippen LogP) is 0.750. The fourth-order valence-corrected chi connectivity index (χ4v) is 2.92. The van der Waals surface area contributed by atoms with Gasteiger partial charge in [0.05, 0.1) is 31.0 Å². The molecule has 0 bridgehead atoms. The molecule has 3 aromatic rings. The molecule has 1 amide bonds. The van der Waals surface area contributed by atoms with Gasteiger partial charge in [-0.2, -0.15) is 0 Å². The molecular formula is C17H15N5O4. The van der Waals surface area contributed by atoms with E-state index in [4.69, 9.17) is 4.74 Å². The van der Waals surface area contributed by atoms with E-state index in [9.17, 15) is 14.4 Å². The number of carbonyl (C=O) groups excluding carboxylic acids is 2. The molecule has 0 unspecified atom stereocenters. The van der Waals surface area contributed by atoms with Gasteiger partial charge in [-0.05, 0) is 19.1 Å². The van der Waals surface area contributed by atoms with E-state index in [-0.39, 0.29) is 36.1 Å². The first kappa shape index (κ1) is 16.0. The Bertz CT molecular complexity index is 1070. The standard InChI is InChI=1S/C17H15N5O4/c1-2-26-17(25)12-7-13-19-14-11(15(23)22(13)20-12)9-21(16(14)24)8-10-5-3-4-6-18-10/h3-7,20H,2,8-9H2,1H3. The molecule has 0 aliphatic carbocycles. The fraction of sp³-hybridized carbons (Fsp3) is 0.235. The Balaban J connectivity index is 1.70. The molecule has 0 fully saturated rings. The van der Waals surface area contributed by atoms with Gasteiger partial charge in [0, 0.05) is 12.3 Å². The number of aromatic amines is 1. The highest BCUT2D eigenvalue weighted by Crippen LogP contribution is 2.20. The van der Waals surface area contributed by atoms with Crippen molar-refractivity contribution in [2.24, 2.45) is 0 Å². The van der Waals surface area contributed by atoms with Crippen LogP contribution >= 0.6 is 0 Å². The maximum absolute atomic E-state index is 12.7. The van der Waals surface area contributed by atoms with Crippen LogP contribution in [0.5, 0.6) is 0 Å². The number of hydrogen-bond donors (Lipinski definition) is 1. The van der Waals surface area contributed by atoms with Crippen LogP contribution in [0.25, 0.3) is 5.65 Å².